The Morgan fingerprint density at radius 2 is 2.50 bits per heavy atom. The van der Waals surface area contributed by atoms with Gasteiger partial charge in [0.05, 0.1) is 11.6 Å². The van der Waals surface area contributed by atoms with Gasteiger partial charge in [0, 0.05) is 32.0 Å². The number of hydrogen-bond acceptors (Lipinski definition) is 5. The van der Waals surface area contributed by atoms with Crippen LogP contribution in [0.2, 0.25) is 0 Å². The van der Waals surface area contributed by atoms with Crippen LogP contribution in [0.5, 0.6) is 0 Å². The molecule has 0 bridgehead atoms. The van der Waals surface area contributed by atoms with Gasteiger partial charge in [0.2, 0.25) is 0 Å². The first-order chi connectivity index (χ1) is 8.67. The maximum absolute atomic E-state index is 12.3. The van der Waals surface area contributed by atoms with Crippen molar-refractivity contribution in [1.82, 2.24) is 0 Å². The van der Waals surface area contributed by atoms with E-state index in [-0.39, 0.29) is 23.3 Å². The lowest BCUT2D eigenvalue weighted by atomic mass is 9.81. The normalized spacial score (nSPS) is 33.8. The van der Waals surface area contributed by atoms with Gasteiger partial charge in [0.15, 0.2) is 5.78 Å². The van der Waals surface area contributed by atoms with E-state index in [9.17, 15) is 4.79 Å². The van der Waals surface area contributed by atoms with E-state index >= 15 is 0 Å². The number of nitrogens with two attached hydrogens (primary N) is 1. The molecule has 0 aromatic rings. The van der Waals surface area contributed by atoms with Crippen molar-refractivity contribution < 1.29 is 14.3 Å². The highest BCUT2D eigenvalue weighted by Crippen LogP contribution is 2.40. The second-order valence-corrected chi connectivity index (χ2v) is 6.42. The summed E-state index contributed by atoms with van der Waals surface area (Å²) in [5, 5.41) is 0. The molecule has 2 heterocycles. The molecule has 104 valence electrons. The third kappa shape index (κ3) is 3.26. The monoisotopic (exact) mass is 273 g/mol. The largest absolute Gasteiger partial charge is 0.385 e. The van der Waals surface area contributed by atoms with Crippen LogP contribution in [-0.4, -0.2) is 49.3 Å². The van der Waals surface area contributed by atoms with Gasteiger partial charge in [-0.3, -0.25) is 4.79 Å². The number of ketones is 1. The molecule has 3 atom stereocenters. The maximum Gasteiger partial charge on any atom is 0.152 e. The Balaban J connectivity index is 1.89. The quantitative estimate of drug-likeness (QED) is 0.816. The van der Waals surface area contributed by atoms with E-state index in [1.807, 2.05) is 11.8 Å². The molecule has 0 aromatic heterocycles. The van der Waals surface area contributed by atoms with Crippen LogP contribution in [-0.2, 0) is 14.3 Å². The lowest BCUT2D eigenvalue weighted by molar-refractivity contribution is -0.135. The van der Waals surface area contributed by atoms with Gasteiger partial charge in [0.25, 0.3) is 0 Å². The summed E-state index contributed by atoms with van der Waals surface area (Å²) in [6.45, 7) is 1.26. The predicted octanol–water partition coefficient (Wildman–Crippen LogP) is 1.22. The molecule has 5 heteroatoms. The van der Waals surface area contributed by atoms with Crippen LogP contribution in [0.4, 0.5) is 0 Å². The zero-order chi connectivity index (χ0) is 13.0. The minimum absolute atomic E-state index is 0.0375. The summed E-state index contributed by atoms with van der Waals surface area (Å²) in [5.41, 5.74) is 5.91. The third-order valence-corrected chi connectivity index (χ3v) is 5.18. The summed E-state index contributed by atoms with van der Waals surface area (Å²) in [6.07, 6.45) is 3.38. The maximum atomic E-state index is 12.3. The highest BCUT2D eigenvalue weighted by atomic mass is 32.2. The fraction of sp³-hybridized carbons (Fsp3) is 0.923. The van der Waals surface area contributed by atoms with E-state index in [2.05, 4.69) is 0 Å². The summed E-state index contributed by atoms with van der Waals surface area (Å²) in [6, 6.07) is -0.376. The van der Waals surface area contributed by atoms with Gasteiger partial charge >= 0.3 is 0 Å². The summed E-state index contributed by atoms with van der Waals surface area (Å²) in [4.78, 5) is 12.3. The predicted molar refractivity (Wildman–Crippen MR) is 72.8 cm³/mol. The van der Waals surface area contributed by atoms with Crippen molar-refractivity contribution in [3.63, 3.8) is 0 Å². The standard InChI is InChI=1S/C13H23NO3S/c1-16-5-3-11(14)12(15)10-2-6-17-13(8-10)4-7-18-9-13/h10-11H,2-9,14H2,1H3. The first kappa shape index (κ1) is 14.3. The molecule has 0 amide bonds. The van der Waals surface area contributed by atoms with Gasteiger partial charge in [-0.15, -0.1) is 0 Å². The molecule has 2 fully saturated rings. The van der Waals surface area contributed by atoms with Crippen LogP contribution < -0.4 is 5.73 Å². The Kier molecular flexibility index (Phi) is 5.06. The molecule has 3 unspecified atom stereocenters. The van der Waals surface area contributed by atoms with Crippen LogP contribution in [0.25, 0.3) is 0 Å². The Labute approximate surface area is 113 Å². The molecular formula is C13H23NO3S. The minimum atomic E-state index is -0.376. The van der Waals surface area contributed by atoms with Crippen molar-refractivity contribution in [2.75, 3.05) is 31.8 Å². The minimum Gasteiger partial charge on any atom is -0.385 e. The SMILES string of the molecule is COCCC(N)C(=O)C1CCOC2(CCSC2)C1. The van der Waals surface area contributed by atoms with Crippen molar-refractivity contribution in [3.05, 3.63) is 0 Å². The summed E-state index contributed by atoms with van der Waals surface area (Å²) >= 11 is 1.93. The molecule has 4 nitrogen and oxygen atoms in total. The number of carbonyl (C=O) groups excluding carboxylic acids is 1. The first-order valence-corrected chi connectivity index (χ1v) is 7.82. The average Bonchev–Trinajstić information content (AvgIpc) is 2.83. The zero-order valence-corrected chi connectivity index (χ0v) is 11.8. The fourth-order valence-corrected chi connectivity index (χ4v) is 4.20. The molecule has 0 aliphatic carbocycles. The summed E-state index contributed by atoms with van der Waals surface area (Å²) < 4.78 is 10.9. The third-order valence-electron chi connectivity index (χ3n) is 3.96. The van der Waals surface area contributed by atoms with E-state index < -0.39 is 0 Å². The number of ether oxygens (including phenoxy) is 2. The first-order valence-electron chi connectivity index (χ1n) is 6.67. The second kappa shape index (κ2) is 6.37. The molecule has 2 saturated heterocycles. The number of carbonyl (C=O) groups is 1. The van der Waals surface area contributed by atoms with Crippen LogP contribution in [0.1, 0.15) is 25.7 Å². The van der Waals surface area contributed by atoms with E-state index in [0.717, 1.165) is 30.8 Å². The van der Waals surface area contributed by atoms with Gasteiger partial charge < -0.3 is 15.2 Å². The van der Waals surface area contributed by atoms with Crippen LogP contribution >= 0.6 is 11.8 Å². The molecular weight excluding hydrogens is 250 g/mol. The van der Waals surface area contributed by atoms with Gasteiger partial charge in [-0.25, -0.2) is 0 Å². The Bertz CT molecular complexity index is 292. The summed E-state index contributed by atoms with van der Waals surface area (Å²) in [5.74, 6) is 2.47. The Morgan fingerprint density at radius 3 is 3.17 bits per heavy atom. The van der Waals surface area contributed by atoms with Crippen molar-refractivity contribution >= 4 is 17.5 Å². The van der Waals surface area contributed by atoms with Crippen LogP contribution in [0.3, 0.4) is 0 Å². The number of methoxy groups -OCH3 is 1. The molecule has 18 heavy (non-hydrogen) atoms. The lowest BCUT2D eigenvalue weighted by Gasteiger charge is -2.37. The smallest absolute Gasteiger partial charge is 0.152 e. The highest BCUT2D eigenvalue weighted by Gasteiger charge is 2.43. The van der Waals surface area contributed by atoms with Gasteiger partial charge in [-0.2, -0.15) is 11.8 Å². The second-order valence-electron chi connectivity index (χ2n) is 5.31. The fourth-order valence-electron chi connectivity index (χ4n) is 2.82. The van der Waals surface area contributed by atoms with E-state index in [1.165, 1.54) is 0 Å². The number of thioether (sulfide) groups is 1. The van der Waals surface area contributed by atoms with E-state index in [0.29, 0.717) is 19.6 Å². The highest BCUT2D eigenvalue weighted by molar-refractivity contribution is 7.99. The lowest BCUT2D eigenvalue weighted by Crippen LogP contribution is -2.46. The molecule has 0 saturated carbocycles. The van der Waals surface area contributed by atoms with Crippen molar-refractivity contribution in [2.24, 2.45) is 11.7 Å². The van der Waals surface area contributed by atoms with Gasteiger partial charge in [-0.05, 0) is 31.4 Å². The van der Waals surface area contributed by atoms with Crippen molar-refractivity contribution in [1.29, 1.82) is 0 Å². The zero-order valence-electron chi connectivity index (χ0n) is 11.0. The number of rotatable bonds is 5. The van der Waals surface area contributed by atoms with Crippen molar-refractivity contribution in [3.8, 4) is 0 Å². The van der Waals surface area contributed by atoms with Crippen molar-refractivity contribution in [2.45, 2.75) is 37.3 Å². The van der Waals surface area contributed by atoms with Crippen LogP contribution in [0.15, 0.2) is 0 Å². The van der Waals surface area contributed by atoms with Gasteiger partial charge in [0.1, 0.15) is 0 Å². The van der Waals surface area contributed by atoms with Gasteiger partial charge in [-0.1, -0.05) is 0 Å². The Hall–Kier alpha value is -0.100. The summed E-state index contributed by atoms with van der Waals surface area (Å²) in [7, 11) is 1.64. The van der Waals surface area contributed by atoms with E-state index in [4.69, 9.17) is 15.2 Å². The molecule has 2 aliphatic heterocycles. The molecule has 2 rings (SSSR count). The molecule has 2 N–H and O–H groups in total. The number of Topliss-reactive ketones (excluding diaryl/α,β-unsaturated/α-hetero) is 1. The molecule has 1 spiro atoms. The van der Waals surface area contributed by atoms with Crippen LogP contribution in [0, 0.1) is 5.92 Å². The average molecular weight is 273 g/mol. The molecule has 0 radical (unpaired) electrons. The topological polar surface area (TPSA) is 61.5 Å². The molecule has 2 aliphatic rings. The Morgan fingerprint density at radius 1 is 1.67 bits per heavy atom. The molecule has 0 aromatic carbocycles. The van der Waals surface area contributed by atoms with E-state index in [1.54, 1.807) is 7.11 Å². The number of hydrogen-bond donors (Lipinski definition) is 1.